The number of carboxylic acid groups (broad SMARTS) is 1. The van der Waals surface area contributed by atoms with Gasteiger partial charge in [0, 0.05) is 18.9 Å². The SMILES string of the molecule is CCC(CC)c1nc2cc(C)c(C)cc2n1CCCC(=O)O. The van der Waals surface area contributed by atoms with Gasteiger partial charge in [-0.3, -0.25) is 4.79 Å². The second kappa shape index (κ2) is 6.95. The molecule has 22 heavy (non-hydrogen) atoms. The number of rotatable bonds is 7. The molecular formula is C18H26N2O2. The van der Waals surface area contributed by atoms with Gasteiger partial charge in [-0.25, -0.2) is 4.98 Å². The zero-order valence-electron chi connectivity index (χ0n) is 14.0. The van der Waals surface area contributed by atoms with E-state index in [1.165, 1.54) is 11.1 Å². The van der Waals surface area contributed by atoms with Gasteiger partial charge < -0.3 is 9.67 Å². The topological polar surface area (TPSA) is 55.1 Å². The Kier molecular flexibility index (Phi) is 5.22. The van der Waals surface area contributed by atoms with Crippen molar-refractivity contribution in [2.75, 3.05) is 0 Å². The highest BCUT2D eigenvalue weighted by molar-refractivity contribution is 5.78. The van der Waals surface area contributed by atoms with Crippen LogP contribution in [0.3, 0.4) is 0 Å². The van der Waals surface area contributed by atoms with Crippen LogP contribution >= 0.6 is 0 Å². The molecule has 0 bridgehead atoms. The van der Waals surface area contributed by atoms with Crippen LogP contribution in [0.15, 0.2) is 12.1 Å². The molecule has 0 saturated carbocycles. The van der Waals surface area contributed by atoms with Crippen LogP contribution in [0.1, 0.15) is 62.4 Å². The predicted molar refractivity (Wildman–Crippen MR) is 89.4 cm³/mol. The van der Waals surface area contributed by atoms with E-state index in [4.69, 9.17) is 10.1 Å². The number of carbonyl (C=O) groups is 1. The zero-order chi connectivity index (χ0) is 16.3. The van der Waals surface area contributed by atoms with Gasteiger partial charge in [0.25, 0.3) is 0 Å². The number of benzene rings is 1. The number of aliphatic carboxylic acids is 1. The Morgan fingerprint density at radius 3 is 2.45 bits per heavy atom. The molecule has 0 aliphatic rings. The molecule has 0 spiro atoms. The lowest BCUT2D eigenvalue weighted by molar-refractivity contribution is -0.137. The largest absolute Gasteiger partial charge is 0.481 e. The van der Waals surface area contributed by atoms with Crippen LogP contribution in [0.4, 0.5) is 0 Å². The summed E-state index contributed by atoms with van der Waals surface area (Å²) < 4.78 is 2.24. The summed E-state index contributed by atoms with van der Waals surface area (Å²) in [4.78, 5) is 15.7. The van der Waals surface area contributed by atoms with Crippen LogP contribution < -0.4 is 0 Å². The van der Waals surface area contributed by atoms with Gasteiger partial charge in [-0.05, 0) is 56.4 Å². The van der Waals surface area contributed by atoms with Crippen molar-refractivity contribution in [1.82, 2.24) is 9.55 Å². The summed E-state index contributed by atoms with van der Waals surface area (Å²) >= 11 is 0. The number of aromatic nitrogens is 2. The number of hydrogen-bond donors (Lipinski definition) is 1. The molecule has 1 N–H and O–H groups in total. The van der Waals surface area contributed by atoms with E-state index in [9.17, 15) is 4.79 Å². The van der Waals surface area contributed by atoms with Crippen molar-refractivity contribution >= 4 is 17.0 Å². The molecule has 2 aromatic rings. The van der Waals surface area contributed by atoms with Crippen LogP contribution in [0, 0.1) is 13.8 Å². The van der Waals surface area contributed by atoms with Crippen molar-refractivity contribution in [2.45, 2.75) is 65.8 Å². The second-order valence-corrected chi connectivity index (χ2v) is 6.06. The monoisotopic (exact) mass is 302 g/mol. The van der Waals surface area contributed by atoms with Crippen molar-refractivity contribution in [3.63, 3.8) is 0 Å². The molecule has 1 aromatic heterocycles. The Morgan fingerprint density at radius 1 is 1.23 bits per heavy atom. The fourth-order valence-electron chi connectivity index (χ4n) is 2.99. The highest BCUT2D eigenvalue weighted by Crippen LogP contribution is 2.28. The van der Waals surface area contributed by atoms with Crippen LogP contribution in [-0.4, -0.2) is 20.6 Å². The minimum atomic E-state index is -0.736. The van der Waals surface area contributed by atoms with Crippen molar-refractivity contribution in [3.8, 4) is 0 Å². The van der Waals surface area contributed by atoms with Gasteiger partial charge in [-0.15, -0.1) is 0 Å². The number of carboxylic acids is 1. The maximum absolute atomic E-state index is 10.8. The highest BCUT2D eigenvalue weighted by Gasteiger charge is 2.18. The van der Waals surface area contributed by atoms with Gasteiger partial charge in [0.15, 0.2) is 0 Å². The first-order valence-electron chi connectivity index (χ1n) is 8.17. The molecule has 0 amide bonds. The molecule has 0 radical (unpaired) electrons. The minimum absolute atomic E-state index is 0.201. The lowest BCUT2D eigenvalue weighted by Gasteiger charge is -2.15. The molecule has 1 heterocycles. The quantitative estimate of drug-likeness (QED) is 0.823. The molecule has 0 fully saturated rings. The smallest absolute Gasteiger partial charge is 0.303 e. The summed E-state index contributed by atoms with van der Waals surface area (Å²) in [5.74, 6) is 0.800. The van der Waals surface area contributed by atoms with Gasteiger partial charge >= 0.3 is 5.97 Å². The normalized spacial score (nSPS) is 11.5. The highest BCUT2D eigenvalue weighted by atomic mass is 16.4. The minimum Gasteiger partial charge on any atom is -0.481 e. The van der Waals surface area contributed by atoms with Crippen molar-refractivity contribution in [3.05, 3.63) is 29.1 Å². The Morgan fingerprint density at radius 2 is 1.86 bits per heavy atom. The van der Waals surface area contributed by atoms with E-state index in [1.807, 2.05) is 0 Å². The molecule has 1 aromatic carbocycles. The van der Waals surface area contributed by atoms with Crippen LogP contribution in [0.5, 0.6) is 0 Å². The first-order chi connectivity index (χ1) is 10.5. The average molecular weight is 302 g/mol. The molecular weight excluding hydrogens is 276 g/mol. The van der Waals surface area contributed by atoms with Crippen molar-refractivity contribution < 1.29 is 9.90 Å². The first kappa shape index (κ1) is 16.5. The summed E-state index contributed by atoms with van der Waals surface area (Å²) in [5, 5.41) is 8.88. The lowest BCUT2D eigenvalue weighted by atomic mass is 10.0. The fraction of sp³-hybridized carbons (Fsp3) is 0.556. The van der Waals surface area contributed by atoms with Gasteiger partial charge in [0.05, 0.1) is 11.0 Å². The Labute approximate surface area is 132 Å². The predicted octanol–water partition coefficient (Wildman–Crippen LogP) is 4.42. The fourth-order valence-corrected chi connectivity index (χ4v) is 2.99. The van der Waals surface area contributed by atoms with Gasteiger partial charge in [-0.2, -0.15) is 0 Å². The maximum atomic E-state index is 10.8. The summed E-state index contributed by atoms with van der Waals surface area (Å²) in [6, 6.07) is 4.33. The molecule has 4 heteroatoms. The maximum Gasteiger partial charge on any atom is 0.303 e. The van der Waals surface area contributed by atoms with Gasteiger partial charge in [-0.1, -0.05) is 13.8 Å². The number of aryl methyl sites for hydroxylation is 3. The summed E-state index contributed by atoms with van der Waals surface area (Å²) in [7, 11) is 0. The Hall–Kier alpha value is -1.84. The Balaban J connectivity index is 2.48. The Bertz CT molecular complexity index is 669. The van der Waals surface area contributed by atoms with Crippen LogP contribution in [0.25, 0.3) is 11.0 Å². The molecule has 0 aliphatic heterocycles. The van der Waals surface area contributed by atoms with E-state index in [1.54, 1.807) is 0 Å². The third-order valence-electron chi connectivity index (χ3n) is 4.52. The summed E-state index contributed by atoms with van der Waals surface area (Å²) in [6.45, 7) is 9.31. The second-order valence-electron chi connectivity index (χ2n) is 6.06. The van der Waals surface area contributed by atoms with E-state index >= 15 is 0 Å². The van der Waals surface area contributed by atoms with Gasteiger partial charge in [0.1, 0.15) is 5.82 Å². The van der Waals surface area contributed by atoms with Crippen LogP contribution in [0.2, 0.25) is 0 Å². The molecule has 0 saturated heterocycles. The molecule has 2 rings (SSSR count). The zero-order valence-corrected chi connectivity index (χ0v) is 14.0. The van der Waals surface area contributed by atoms with E-state index in [0.717, 1.165) is 36.2 Å². The van der Waals surface area contributed by atoms with E-state index < -0.39 is 5.97 Å². The van der Waals surface area contributed by atoms with E-state index in [0.29, 0.717) is 12.3 Å². The number of nitrogens with zero attached hydrogens (tertiary/aromatic N) is 2. The molecule has 4 nitrogen and oxygen atoms in total. The number of imidazole rings is 1. The third-order valence-corrected chi connectivity index (χ3v) is 4.52. The number of hydrogen-bond acceptors (Lipinski definition) is 2. The molecule has 0 unspecified atom stereocenters. The van der Waals surface area contributed by atoms with Crippen LogP contribution in [-0.2, 0) is 11.3 Å². The average Bonchev–Trinajstić information content (AvgIpc) is 2.79. The number of fused-ring (bicyclic) bond motifs is 1. The third kappa shape index (κ3) is 3.32. The molecule has 0 aliphatic carbocycles. The standard InChI is InChI=1S/C18H26N2O2/c1-5-14(6-2)18-19-15-10-12(3)13(4)11-16(15)20(18)9-7-8-17(21)22/h10-11,14H,5-9H2,1-4H3,(H,21,22). The van der Waals surface area contributed by atoms with Crippen molar-refractivity contribution in [1.29, 1.82) is 0 Å². The summed E-state index contributed by atoms with van der Waals surface area (Å²) in [5.41, 5.74) is 4.66. The lowest BCUT2D eigenvalue weighted by Crippen LogP contribution is -2.10. The van der Waals surface area contributed by atoms with E-state index in [-0.39, 0.29) is 6.42 Å². The first-order valence-corrected chi connectivity index (χ1v) is 8.17. The van der Waals surface area contributed by atoms with Crippen molar-refractivity contribution in [2.24, 2.45) is 0 Å². The molecule has 120 valence electrons. The van der Waals surface area contributed by atoms with Gasteiger partial charge in [0.2, 0.25) is 0 Å². The summed E-state index contributed by atoms with van der Waals surface area (Å²) in [6.07, 6.45) is 2.95. The van der Waals surface area contributed by atoms with E-state index in [2.05, 4.69) is 44.4 Å². The molecule has 0 atom stereocenters.